The zero-order valence-electron chi connectivity index (χ0n) is 15.8. The van der Waals surface area contributed by atoms with Crippen LogP contribution >= 0.6 is 0 Å². The first kappa shape index (κ1) is 18.0. The number of oxime groups is 1. The van der Waals surface area contributed by atoms with Crippen LogP contribution in [0.15, 0.2) is 47.6 Å². The van der Waals surface area contributed by atoms with Crippen LogP contribution in [-0.4, -0.2) is 36.0 Å². The Morgan fingerprint density at radius 3 is 2.79 bits per heavy atom. The molecular weight excluding hydrogens is 375 g/mol. The lowest BCUT2D eigenvalue weighted by atomic mass is 10.0. The maximum absolute atomic E-state index is 14.1. The Morgan fingerprint density at radius 2 is 1.97 bits per heavy atom. The van der Waals surface area contributed by atoms with Gasteiger partial charge in [0.1, 0.15) is 5.82 Å². The van der Waals surface area contributed by atoms with Crippen LogP contribution in [-0.2, 0) is 16.2 Å². The number of nitrogens with zero attached hydrogens (tertiary/aromatic N) is 2. The van der Waals surface area contributed by atoms with Crippen molar-refractivity contribution in [2.45, 2.75) is 31.9 Å². The second-order valence-electron chi connectivity index (χ2n) is 7.62. The van der Waals surface area contributed by atoms with E-state index in [0.29, 0.717) is 24.3 Å². The number of halogens is 1. The highest BCUT2D eigenvalue weighted by Crippen LogP contribution is 2.34. The highest BCUT2D eigenvalue weighted by molar-refractivity contribution is 6.01. The summed E-state index contributed by atoms with van der Waals surface area (Å²) in [5, 5.41) is 4.22. The van der Waals surface area contributed by atoms with Crippen molar-refractivity contribution in [1.82, 2.24) is 4.90 Å². The zero-order valence-corrected chi connectivity index (χ0v) is 15.8. The highest BCUT2D eigenvalue weighted by atomic mass is 19.1. The predicted molar refractivity (Wildman–Crippen MR) is 103 cm³/mol. The van der Waals surface area contributed by atoms with Gasteiger partial charge in [-0.2, -0.15) is 0 Å². The molecule has 5 rings (SSSR count). The van der Waals surface area contributed by atoms with Crippen molar-refractivity contribution in [1.29, 1.82) is 0 Å². The molecule has 0 N–H and O–H groups in total. The van der Waals surface area contributed by atoms with Gasteiger partial charge in [-0.15, -0.1) is 0 Å². The molecule has 6 nitrogen and oxygen atoms in total. The van der Waals surface area contributed by atoms with E-state index >= 15 is 0 Å². The maximum Gasteiger partial charge on any atom is 0.231 e. The first-order valence-electron chi connectivity index (χ1n) is 9.82. The van der Waals surface area contributed by atoms with Gasteiger partial charge in [-0.1, -0.05) is 23.4 Å². The molecule has 29 heavy (non-hydrogen) atoms. The van der Waals surface area contributed by atoms with Crippen LogP contribution in [0.5, 0.6) is 11.5 Å². The number of hydrogen-bond acceptors (Lipinski definition) is 5. The summed E-state index contributed by atoms with van der Waals surface area (Å²) in [6.07, 6.45) is 2.12. The van der Waals surface area contributed by atoms with E-state index in [1.165, 1.54) is 6.07 Å². The average molecular weight is 396 g/mol. The van der Waals surface area contributed by atoms with E-state index in [1.807, 2.05) is 18.2 Å². The van der Waals surface area contributed by atoms with Gasteiger partial charge in [-0.3, -0.25) is 4.79 Å². The second-order valence-corrected chi connectivity index (χ2v) is 7.62. The number of hydrogen-bond donors (Lipinski definition) is 0. The molecular formula is C22H21FN2O4. The van der Waals surface area contributed by atoms with Crippen LogP contribution < -0.4 is 9.47 Å². The Morgan fingerprint density at radius 1 is 1.14 bits per heavy atom. The molecule has 0 unspecified atom stereocenters. The Kier molecular flexibility index (Phi) is 4.58. The highest BCUT2D eigenvalue weighted by Gasteiger charge is 2.36. The van der Waals surface area contributed by atoms with Crippen LogP contribution in [0.25, 0.3) is 0 Å². The molecule has 0 radical (unpaired) electrons. The molecule has 2 heterocycles. The van der Waals surface area contributed by atoms with E-state index in [0.717, 1.165) is 29.9 Å². The van der Waals surface area contributed by atoms with Gasteiger partial charge in [-0.05, 0) is 37.1 Å². The Bertz CT molecular complexity index is 973. The van der Waals surface area contributed by atoms with E-state index in [2.05, 4.69) is 5.16 Å². The zero-order chi connectivity index (χ0) is 19.8. The monoisotopic (exact) mass is 396 g/mol. The average Bonchev–Trinajstić information content (AvgIpc) is 3.29. The van der Waals surface area contributed by atoms with Crippen molar-refractivity contribution in [3.8, 4) is 11.5 Å². The minimum absolute atomic E-state index is 0.0532. The molecule has 1 atom stereocenters. The minimum Gasteiger partial charge on any atom is -0.454 e. The number of amides is 1. The lowest BCUT2D eigenvalue weighted by molar-refractivity contribution is -0.135. The van der Waals surface area contributed by atoms with Crippen molar-refractivity contribution in [2.75, 3.05) is 13.3 Å². The van der Waals surface area contributed by atoms with E-state index in [-0.39, 0.29) is 37.1 Å². The van der Waals surface area contributed by atoms with Crippen LogP contribution in [0.1, 0.15) is 30.4 Å². The van der Waals surface area contributed by atoms with Gasteiger partial charge in [0.15, 0.2) is 17.6 Å². The van der Waals surface area contributed by atoms with Crippen molar-refractivity contribution in [3.63, 3.8) is 0 Å². The molecule has 7 heteroatoms. The predicted octanol–water partition coefficient (Wildman–Crippen LogP) is 3.49. The molecule has 0 bridgehead atoms. The summed E-state index contributed by atoms with van der Waals surface area (Å²) in [6.45, 7) is 0.834. The van der Waals surface area contributed by atoms with E-state index in [4.69, 9.17) is 14.3 Å². The summed E-state index contributed by atoms with van der Waals surface area (Å²) >= 11 is 0. The van der Waals surface area contributed by atoms with Gasteiger partial charge in [0.25, 0.3) is 0 Å². The third-order valence-electron chi connectivity index (χ3n) is 5.42. The molecule has 1 amide bonds. The Hall–Kier alpha value is -3.09. The van der Waals surface area contributed by atoms with Gasteiger partial charge in [-0.25, -0.2) is 4.39 Å². The molecule has 0 aromatic heterocycles. The minimum atomic E-state index is -0.300. The molecule has 3 aliphatic rings. The van der Waals surface area contributed by atoms with Crippen LogP contribution in [0.4, 0.5) is 4.39 Å². The SMILES string of the molecule is O=C(C1CC1)N(Cc1ccccc1F)C[C@H]1CC(c2ccc3c(c2)OCO3)=NO1. The van der Waals surface area contributed by atoms with E-state index < -0.39 is 0 Å². The lowest BCUT2D eigenvalue weighted by Gasteiger charge is -2.25. The summed E-state index contributed by atoms with van der Waals surface area (Å²) < 4.78 is 24.9. The third kappa shape index (κ3) is 3.77. The van der Waals surface area contributed by atoms with Crippen LogP contribution in [0, 0.1) is 11.7 Å². The second kappa shape index (κ2) is 7.39. The molecule has 1 fully saturated rings. The standard InChI is InChI=1S/C22H21FN2O4/c23-18-4-2-1-3-16(18)11-25(22(26)14-5-6-14)12-17-10-19(24-29-17)15-7-8-20-21(9-15)28-13-27-20/h1-4,7-9,14,17H,5-6,10-13H2/t17-/m1/s1. The molecule has 2 aromatic rings. The first-order chi connectivity index (χ1) is 14.2. The fraction of sp³-hybridized carbons (Fsp3) is 0.364. The van der Waals surface area contributed by atoms with Gasteiger partial charge < -0.3 is 19.2 Å². The normalized spacial score (nSPS) is 19.6. The Labute approximate surface area is 167 Å². The van der Waals surface area contributed by atoms with Gasteiger partial charge in [0.2, 0.25) is 12.7 Å². The van der Waals surface area contributed by atoms with E-state index in [1.54, 1.807) is 23.1 Å². The summed E-state index contributed by atoms with van der Waals surface area (Å²) in [7, 11) is 0. The number of rotatable bonds is 6. The summed E-state index contributed by atoms with van der Waals surface area (Å²) in [4.78, 5) is 20.1. The maximum atomic E-state index is 14.1. The van der Waals surface area contributed by atoms with Gasteiger partial charge in [0.05, 0.1) is 12.3 Å². The summed E-state index contributed by atoms with van der Waals surface area (Å²) in [6, 6.07) is 12.2. The van der Waals surface area contributed by atoms with Gasteiger partial charge >= 0.3 is 0 Å². The quantitative estimate of drug-likeness (QED) is 0.750. The smallest absolute Gasteiger partial charge is 0.231 e. The van der Waals surface area contributed by atoms with E-state index in [9.17, 15) is 9.18 Å². The summed E-state index contributed by atoms with van der Waals surface area (Å²) in [5.41, 5.74) is 2.22. The molecule has 150 valence electrons. The van der Waals surface area contributed by atoms with Crippen molar-refractivity contribution in [3.05, 3.63) is 59.4 Å². The molecule has 0 spiro atoms. The van der Waals surface area contributed by atoms with Crippen molar-refractivity contribution < 1.29 is 23.5 Å². The topological polar surface area (TPSA) is 60.4 Å². The van der Waals surface area contributed by atoms with Crippen molar-refractivity contribution in [2.24, 2.45) is 11.1 Å². The fourth-order valence-corrected chi connectivity index (χ4v) is 3.67. The fourth-order valence-electron chi connectivity index (χ4n) is 3.67. The molecule has 1 saturated carbocycles. The number of carbonyl (C=O) groups is 1. The molecule has 2 aliphatic heterocycles. The third-order valence-corrected chi connectivity index (χ3v) is 5.42. The van der Waals surface area contributed by atoms with Crippen LogP contribution in [0.2, 0.25) is 0 Å². The molecule has 1 aliphatic carbocycles. The lowest BCUT2D eigenvalue weighted by Crippen LogP contribution is -2.38. The number of fused-ring (bicyclic) bond motifs is 1. The Balaban J connectivity index is 1.27. The number of benzene rings is 2. The van der Waals surface area contributed by atoms with Crippen molar-refractivity contribution >= 4 is 11.6 Å². The van der Waals surface area contributed by atoms with Gasteiger partial charge in [0, 0.05) is 30.0 Å². The van der Waals surface area contributed by atoms with Crippen LogP contribution in [0.3, 0.4) is 0 Å². The first-order valence-corrected chi connectivity index (χ1v) is 9.82. The molecule has 2 aromatic carbocycles. The summed E-state index contributed by atoms with van der Waals surface area (Å²) in [5.74, 6) is 1.23. The number of ether oxygens (including phenoxy) is 2. The largest absolute Gasteiger partial charge is 0.454 e. The number of carbonyl (C=O) groups excluding carboxylic acids is 1. The molecule has 0 saturated heterocycles.